The van der Waals surface area contributed by atoms with Crippen LogP contribution in [-0.2, 0) is 9.53 Å². The van der Waals surface area contributed by atoms with E-state index in [-0.39, 0.29) is 17.8 Å². The number of hydrogen-bond acceptors (Lipinski definition) is 6. The Bertz CT molecular complexity index is 716. The number of tetrazole rings is 1. The highest BCUT2D eigenvalue weighted by molar-refractivity contribution is 5.98. The second-order valence-electron chi connectivity index (χ2n) is 5.61. The lowest BCUT2D eigenvalue weighted by Crippen LogP contribution is -2.43. The fourth-order valence-electron chi connectivity index (χ4n) is 2.91. The van der Waals surface area contributed by atoms with Crippen molar-refractivity contribution in [2.45, 2.75) is 19.8 Å². The van der Waals surface area contributed by atoms with E-state index in [4.69, 9.17) is 4.74 Å². The van der Waals surface area contributed by atoms with Crippen molar-refractivity contribution in [1.82, 2.24) is 25.1 Å². The first-order chi connectivity index (χ1) is 11.7. The first kappa shape index (κ1) is 16.1. The van der Waals surface area contributed by atoms with Gasteiger partial charge in [0.1, 0.15) is 6.33 Å². The number of rotatable bonds is 4. The first-order valence-electron chi connectivity index (χ1n) is 7.99. The second-order valence-corrected chi connectivity index (χ2v) is 5.61. The molecule has 8 heteroatoms. The van der Waals surface area contributed by atoms with Crippen molar-refractivity contribution in [2.24, 2.45) is 5.92 Å². The Labute approximate surface area is 139 Å². The summed E-state index contributed by atoms with van der Waals surface area (Å²) in [4.78, 5) is 26.6. The molecule has 1 aliphatic heterocycles. The van der Waals surface area contributed by atoms with Crippen LogP contribution in [0.15, 0.2) is 30.6 Å². The molecule has 1 aliphatic rings. The van der Waals surface area contributed by atoms with Crippen molar-refractivity contribution in [3.05, 3.63) is 36.2 Å². The van der Waals surface area contributed by atoms with Crippen LogP contribution in [0.4, 0.5) is 0 Å². The fourth-order valence-corrected chi connectivity index (χ4v) is 2.91. The van der Waals surface area contributed by atoms with Crippen LogP contribution in [0.25, 0.3) is 5.69 Å². The van der Waals surface area contributed by atoms with E-state index in [0.717, 1.165) is 12.8 Å². The predicted molar refractivity (Wildman–Crippen MR) is 84.4 cm³/mol. The molecule has 126 valence electrons. The standard InChI is InChI=1S/C16H19N5O3/c1-2-24-16(23)12-6-5-9-20(10-12)15(22)13-7-3-4-8-14(13)21-11-17-18-19-21/h3-4,7-8,11-12H,2,5-6,9-10H2,1H3. The number of hydrogen-bond donors (Lipinski definition) is 0. The molecule has 3 rings (SSSR count). The van der Waals surface area contributed by atoms with E-state index in [2.05, 4.69) is 15.5 Å². The molecule has 2 aromatic rings. The quantitative estimate of drug-likeness (QED) is 0.780. The fraction of sp³-hybridized carbons (Fsp3) is 0.438. The summed E-state index contributed by atoms with van der Waals surface area (Å²) in [6, 6.07) is 7.16. The number of esters is 1. The van der Waals surface area contributed by atoms with Crippen LogP contribution in [-0.4, -0.2) is 56.7 Å². The van der Waals surface area contributed by atoms with Crippen LogP contribution in [0.1, 0.15) is 30.1 Å². The Morgan fingerprint density at radius 1 is 1.33 bits per heavy atom. The number of benzene rings is 1. The van der Waals surface area contributed by atoms with Crippen molar-refractivity contribution >= 4 is 11.9 Å². The summed E-state index contributed by atoms with van der Waals surface area (Å²) in [5, 5.41) is 11.1. The molecule has 0 radical (unpaired) electrons. The van der Waals surface area contributed by atoms with Crippen LogP contribution in [0, 0.1) is 5.92 Å². The normalized spacial score (nSPS) is 17.5. The van der Waals surface area contributed by atoms with Gasteiger partial charge in [-0.15, -0.1) is 5.10 Å². The van der Waals surface area contributed by atoms with Gasteiger partial charge in [0.15, 0.2) is 0 Å². The van der Waals surface area contributed by atoms with E-state index in [1.54, 1.807) is 30.0 Å². The molecule has 0 bridgehead atoms. The maximum atomic E-state index is 12.9. The molecule has 0 aliphatic carbocycles. The molecule has 0 spiro atoms. The molecule has 1 fully saturated rings. The molecule has 0 N–H and O–H groups in total. The van der Waals surface area contributed by atoms with E-state index in [9.17, 15) is 9.59 Å². The van der Waals surface area contributed by atoms with Gasteiger partial charge in [0.05, 0.1) is 23.8 Å². The monoisotopic (exact) mass is 329 g/mol. The van der Waals surface area contributed by atoms with Crippen LogP contribution in [0.2, 0.25) is 0 Å². The highest BCUT2D eigenvalue weighted by atomic mass is 16.5. The highest BCUT2D eigenvalue weighted by Crippen LogP contribution is 2.22. The lowest BCUT2D eigenvalue weighted by Gasteiger charge is -2.32. The third-order valence-corrected chi connectivity index (χ3v) is 4.06. The zero-order valence-corrected chi connectivity index (χ0v) is 13.5. The number of carbonyl (C=O) groups is 2. The number of likely N-dealkylation sites (tertiary alicyclic amines) is 1. The molecular weight excluding hydrogens is 310 g/mol. The van der Waals surface area contributed by atoms with E-state index in [0.29, 0.717) is 30.9 Å². The van der Waals surface area contributed by atoms with E-state index in [1.807, 2.05) is 6.07 Å². The number of aromatic nitrogens is 4. The van der Waals surface area contributed by atoms with E-state index < -0.39 is 0 Å². The molecule has 1 atom stereocenters. The van der Waals surface area contributed by atoms with Gasteiger partial charge >= 0.3 is 5.97 Å². The number of nitrogens with zero attached hydrogens (tertiary/aromatic N) is 5. The third-order valence-electron chi connectivity index (χ3n) is 4.06. The summed E-state index contributed by atoms with van der Waals surface area (Å²) in [6.45, 7) is 3.14. The minimum Gasteiger partial charge on any atom is -0.466 e. The lowest BCUT2D eigenvalue weighted by molar-refractivity contribution is -0.149. The molecule has 8 nitrogen and oxygen atoms in total. The molecule has 2 heterocycles. The first-order valence-corrected chi connectivity index (χ1v) is 7.99. The van der Waals surface area contributed by atoms with Gasteiger partial charge in [0.25, 0.3) is 5.91 Å². The number of ether oxygens (including phenoxy) is 1. The summed E-state index contributed by atoms with van der Waals surface area (Å²) in [5.41, 5.74) is 1.13. The van der Waals surface area contributed by atoms with E-state index >= 15 is 0 Å². The molecule has 0 saturated carbocycles. The third kappa shape index (κ3) is 3.27. The van der Waals surface area contributed by atoms with Gasteiger partial charge < -0.3 is 9.64 Å². The average Bonchev–Trinajstić information content (AvgIpc) is 3.16. The van der Waals surface area contributed by atoms with Crippen molar-refractivity contribution in [3.63, 3.8) is 0 Å². The molecular formula is C16H19N5O3. The Kier molecular flexibility index (Phi) is 4.83. The van der Waals surface area contributed by atoms with Gasteiger partial charge in [-0.2, -0.15) is 4.68 Å². The SMILES string of the molecule is CCOC(=O)C1CCCN(C(=O)c2ccccc2-n2cnnn2)C1. The summed E-state index contributed by atoms with van der Waals surface area (Å²) in [6.07, 6.45) is 2.98. The van der Waals surface area contributed by atoms with Crippen molar-refractivity contribution in [3.8, 4) is 5.69 Å². The Morgan fingerprint density at radius 2 is 2.17 bits per heavy atom. The van der Waals surface area contributed by atoms with E-state index in [1.165, 1.54) is 11.0 Å². The van der Waals surface area contributed by atoms with Gasteiger partial charge in [-0.25, -0.2) is 0 Å². The van der Waals surface area contributed by atoms with Gasteiger partial charge in [0, 0.05) is 13.1 Å². The zero-order chi connectivity index (χ0) is 16.9. The molecule has 1 amide bonds. The Hall–Kier alpha value is -2.77. The number of amides is 1. The topological polar surface area (TPSA) is 90.2 Å². The molecule has 1 saturated heterocycles. The Morgan fingerprint density at radius 3 is 2.92 bits per heavy atom. The molecule has 1 aromatic carbocycles. The Balaban J connectivity index is 1.81. The van der Waals surface area contributed by atoms with Crippen LogP contribution >= 0.6 is 0 Å². The van der Waals surface area contributed by atoms with Gasteiger partial charge in [-0.3, -0.25) is 9.59 Å². The number of carbonyl (C=O) groups excluding carboxylic acids is 2. The maximum Gasteiger partial charge on any atom is 0.310 e. The smallest absolute Gasteiger partial charge is 0.310 e. The lowest BCUT2D eigenvalue weighted by atomic mass is 9.97. The van der Waals surface area contributed by atoms with Crippen LogP contribution in [0.3, 0.4) is 0 Å². The summed E-state index contributed by atoms with van der Waals surface area (Å²) in [7, 11) is 0. The van der Waals surface area contributed by atoms with Crippen molar-refractivity contribution in [1.29, 1.82) is 0 Å². The van der Waals surface area contributed by atoms with Gasteiger partial charge in [0.2, 0.25) is 0 Å². The summed E-state index contributed by atoms with van der Waals surface area (Å²) in [5.74, 6) is -0.623. The molecule has 24 heavy (non-hydrogen) atoms. The highest BCUT2D eigenvalue weighted by Gasteiger charge is 2.30. The predicted octanol–water partition coefficient (Wildman–Crippen LogP) is 1.08. The van der Waals surface area contributed by atoms with Crippen LogP contribution < -0.4 is 0 Å². The van der Waals surface area contributed by atoms with Crippen molar-refractivity contribution in [2.75, 3.05) is 19.7 Å². The molecule has 1 aromatic heterocycles. The number of para-hydroxylation sites is 1. The molecule has 1 unspecified atom stereocenters. The average molecular weight is 329 g/mol. The summed E-state index contributed by atoms with van der Waals surface area (Å²) >= 11 is 0. The van der Waals surface area contributed by atoms with Gasteiger partial charge in [-0.1, -0.05) is 12.1 Å². The maximum absolute atomic E-state index is 12.9. The zero-order valence-electron chi connectivity index (χ0n) is 13.5. The second kappa shape index (κ2) is 7.20. The van der Waals surface area contributed by atoms with Crippen molar-refractivity contribution < 1.29 is 14.3 Å². The largest absolute Gasteiger partial charge is 0.466 e. The minimum atomic E-state index is -0.261. The van der Waals surface area contributed by atoms with Gasteiger partial charge in [-0.05, 0) is 42.3 Å². The van der Waals surface area contributed by atoms with Crippen LogP contribution in [0.5, 0.6) is 0 Å². The number of piperidine rings is 1. The summed E-state index contributed by atoms with van der Waals surface area (Å²) < 4.78 is 6.55. The minimum absolute atomic E-state index is 0.130.